The van der Waals surface area contributed by atoms with Crippen LogP contribution in [0.4, 0.5) is 26.3 Å². The van der Waals surface area contributed by atoms with Crippen LogP contribution < -0.4 is 117 Å². The molecule has 0 aromatic heterocycles. The summed E-state index contributed by atoms with van der Waals surface area (Å²) >= 11 is 0. The highest BCUT2D eigenvalue weighted by atomic mass is 19.1. The molecule has 12 aromatic carbocycles. The molecule has 12 heterocycles. The topological polar surface area (TPSA) is 238 Å². The minimum Gasteiger partial charge on any atom is -0.493 e. The lowest BCUT2D eigenvalue weighted by Gasteiger charge is -2.32. The number of hydrogen-bond acceptors (Lipinski definition) is 24. The average Bonchev–Trinajstić information content (AvgIpc) is 1.63. The van der Waals surface area contributed by atoms with Gasteiger partial charge >= 0.3 is 0 Å². The van der Waals surface area contributed by atoms with Crippen molar-refractivity contribution in [3.63, 3.8) is 0 Å². The van der Waals surface area contributed by atoms with Crippen molar-refractivity contribution in [2.75, 3.05) is 158 Å². The number of ether oxygens (including phenoxy) is 18. The predicted molar refractivity (Wildman–Crippen MR) is 529 cm³/mol. The predicted octanol–water partition coefficient (Wildman–Crippen LogP) is 20.0. The molecule has 12 atom stereocenters. The molecule has 0 bridgehead atoms. The third-order valence-corrected chi connectivity index (χ3v) is 22.5. The number of halogens is 6. The van der Waals surface area contributed by atoms with E-state index in [0.29, 0.717) is 6.42 Å². The summed E-state index contributed by atoms with van der Waals surface area (Å²) in [4.78, 5) is 0. The van der Waals surface area contributed by atoms with Gasteiger partial charge < -0.3 is 117 Å². The molecule has 6 N–H and O–H groups in total. The Morgan fingerprint density at radius 2 is 0.486 bits per heavy atom. The Labute approximate surface area is 914 Å². The Hall–Kier alpha value is -13.6. The highest BCUT2D eigenvalue weighted by molar-refractivity contribution is 5.52. The molecular formula is C114H120F6N6O18. The van der Waals surface area contributed by atoms with E-state index >= 15 is 0 Å². The van der Waals surface area contributed by atoms with Gasteiger partial charge in [0.2, 0.25) is 40.5 Å². The lowest BCUT2D eigenvalue weighted by molar-refractivity contribution is 0.173. The molecule has 0 aliphatic carbocycles. The molecule has 0 saturated carbocycles. The quantitative estimate of drug-likeness (QED) is 0.0308. The number of hydrogen-bond donors (Lipinski definition) is 6. The maximum Gasteiger partial charge on any atom is 0.231 e. The highest BCUT2D eigenvalue weighted by Crippen LogP contribution is 2.45. The Balaban J connectivity index is 0.000000143. The lowest BCUT2D eigenvalue weighted by Crippen LogP contribution is -2.38. The molecule has 0 amide bonds. The van der Waals surface area contributed by atoms with Gasteiger partial charge in [0.15, 0.2) is 69.0 Å². The van der Waals surface area contributed by atoms with E-state index in [1.54, 1.807) is 0 Å². The van der Waals surface area contributed by atoms with E-state index in [9.17, 15) is 26.3 Å². The number of rotatable bonds is 24. The van der Waals surface area contributed by atoms with Crippen LogP contribution >= 0.6 is 0 Å². The van der Waals surface area contributed by atoms with Gasteiger partial charge in [-0.1, -0.05) is 72.5 Å². The monoisotopic (exact) mass is 2030 g/mol. The third-order valence-electron chi connectivity index (χ3n) is 22.5. The smallest absolute Gasteiger partial charge is 0.231 e. The Morgan fingerprint density at radius 3 is 0.861 bits per heavy atom. The maximum absolute atomic E-state index is 14.1. The van der Waals surface area contributed by atoms with Gasteiger partial charge in [-0.15, -0.1) is 0 Å². The van der Waals surface area contributed by atoms with Crippen molar-refractivity contribution >= 4 is 0 Å². The minimum absolute atomic E-state index is 0.0153. The van der Waals surface area contributed by atoms with Gasteiger partial charge in [-0.3, -0.25) is 0 Å². The fraction of sp³-hybridized carbons (Fsp3) is 0.368. The van der Waals surface area contributed by atoms with Gasteiger partial charge in [-0.25, -0.2) is 26.3 Å². The van der Waals surface area contributed by atoms with E-state index in [4.69, 9.17) is 163 Å². The van der Waals surface area contributed by atoms with Gasteiger partial charge in [0.05, 0.1) is 77.9 Å². The third kappa shape index (κ3) is 26.5. The number of piperidine rings is 6. The maximum atomic E-state index is 14.1. The van der Waals surface area contributed by atoms with Crippen LogP contribution in [-0.2, 0) is 0 Å². The number of fused-ring (bicyclic) bond motifs is 6. The van der Waals surface area contributed by atoms with Crippen molar-refractivity contribution in [2.24, 2.45) is 35.4 Å². The summed E-state index contributed by atoms with van der Waals surface area (Å²) in [5.74, 6) is -27.4. The molecule has 0 radical (unpaired) electrons. The van der Waals surface area contributed by atoms with E-state index in [2.05, 4.69) is 31.9 Å². The summed E-state index contributed by atoms with van der Waals surface area (Å²) < 4.78 is 640. The molecule has 24 nitrogen and oxygen atoms in total. The molecule has 30 heteroatoms. The standard InChI is InChI=1S/6C19H20FNO3/c6*20-15-3-1-13(2-4-15)17-7-8-21-10-14(17)11-22-16-5-6-18-19(9-16)24-12-23-18/h6*1-6,9,14,17,21H,7-8,10-12H2/t6*14-,17?/m111000/s1/i1D,2D,3D,4D,10D2,12D2,14D,17D;1D,2D,3D,4D,10D2,11D2,12D2,14D;1D,2D,3D,4D,10D2,12D2,14D;1D,2D,3D,4D,10D2,12D2,17D;1D,2D,3D,4D,10D2,11D2,12D2;1D,2D,3D,4D,10D2,12D2. The second-order valence-corrected chi connectivity index (χ2v) is 31.7. The SMILES string of the molecule is [2H]c1c([2H])c(C2([2H])CCNC([2H])([2H])[C@H]2COc2ccc3c(c2)OC([2H])([2H])O3)c([2H])c([2H])c1F.[2H]c1c([2H])c(C2([2H])CCNC([2H])([2H])[C@]2([2H])COc2ccc3c(c2)OC([2H])([2H])O3)c([2H])c([2H])c1F.[2H]c1c([2H])c(C2CCNC([2H])([2H])[C@H]2C([2H])([2H])Oc2ccc3c(c2)OC([2H])([2H])O3)c([2H])c([2H])c1F.[2H]c1c([2H])c(C2CCNC([2H])([2H])[C@H]2COc2ccc3c(c2)OC([2H])([2H])O3)c([2H])c([2H])c1F.[2H]c1c([2H])c(C2CCNC([2H])([2H])[C@]2([2H])C([2H])([2H])Oc2ccc3c(c2)OC([2H])([2H])O3)c([2H])c([2H])c1F.[2H]c1c([2H])c(C2CCNC([2H])([2H])[C@]2([2H])COc2ccc3c(c2)OC([2H])([2H])O3)c([2H])c([2H])c1F. The molecule has 144 heavy (non-hydrogen) atoms. The molecule has 12 aliphatic heterocycles. The zero-order valence-corrected chi connectivity index (χ0v) is 74.9. The van der Waals surface area contributed by atoms with E-state index < -0.39 is 380 Å². The van der Waals surface area contributed by atoms with Gasteiger partial charge in [0, 0.05) is 134 Å². The first-order valence-electron chi connectivity index (χ1n) is 72.8. The summed E-state index contributed by atoms with van der Waals surface area (Å²) in [6.07, 6.45) is -0.0769. The first-order chi connectivity index (χ1) is 92.7. The molecule has 6 saturated heterocycles. The molecule has 12 aliphatic rings. The Bertz CT molecular complexity index is 9350. The highest BCUT2D eigenvalue weighted by Gasteiger charge is 2.35. The van der Waals surface area contributed by atoms with Gasteiger partial charge in [-0.2, -0.15) is 0 Å². The van der Waals surface area contributed by atoms with Crippen LogP contribution in [0.15, 0.2) is 254 Å². The molecule has 24 rings (SSSR count). The Kier molecular flexibility index (Phi) is 17.6. The zero-order valence-electron chi connectivity index (χ0n) is 132. The van der Waals surface area contributed by atoms with Gasteiger partial charge in [0.25, 0.3) is 0 Å². The van der Waals surface area contributed by atoms with Crippen molar-refractivity contribution in [2.45, 2.75) is 74.0 Å². The summed E-state index contributed by atoms with van der Waals surface area (Å²) in [5, 5.41) is 15.5. The van der Waals surface area contributed by atoms with Crippen LogP contribution in [0.3, 0.4) is 0 Å². The van der Waals surface area contributed by atoms with Crippen molar-refractivity contribution in [3.8, 4) is 103 Å². The molecule has 6 fully saturated rings. The fourth-order valence-corrected chi connectivity index (χ4v) is 15.4. The second kappa shape index (κ2) is 49.1. The summed E-state index contributed by atoms with van der Waals surface area (Å²) in [6.45, 7) is -36.2. The van der Waals surface area contributed by atoms with E-state index in [-0.39, 0.29) is 198 Å². The number of nitrogens with one attached hydrogen (secondary N) is 6. The zero-order chi connectivity index (χ0) is 149. The van der Waals surface area contributed by atoms with Crippen molar-refractivity contribution in [1.82, 2.24) is 31.9 Å². The largest absolute Gasteiger partial charge is 0.493 e. The van der Waals surface area contributed by atoms with Gasteiger partial charge in [-0.05, 0) is 292 Å². The first-order valence-corrected chi connectivity index (χ1v) is 44.3. The molecule has 12 aromatic rings. The molecule has 756 valence electrons. The van der Waals surface area contributed by atoms with Crippen molar-refractivity contribution in [1.29, 1.82) is 0 Å². The fourth-order valence-electron chi connectivity index (χ4n) is 15.4. The first kappa shape index (κ1) is 51.7. The number of benzene rings is 12. The van der Waals surface area contributed by atoms with Crippen LogP contribution in [0.1, 0.15) is 185 Å². The van der Waals surface area contributed by atoms with Crippen LogP contribution in [0.5, 0.6) is 103 Å². The van der Waals surface area contributed by atoms with Crippen molar-refractivity contribution < 1.29 is 190 Å². The van der Waals surface area contributed by atoms with E-state index in [0.717, 1.165) is 6.07 Å². The molecular weight excluding hydrogens is 1860 g/mol. The van der Waals surface area contributed by atoms with Crippen LogP contribution in [0.2, 0.25) is 0 Å². The molecule has 6 unspecified atom stereocenters. The van der Waals surface area contributed by atoms with Crippen LogP contribution in [0, 0.1) is 70.3 Å². The normalized spacial score (nSPS) is 35.0. The van der Waals surface area contributed by atoms with Crippen LogP contribution in [0.25, 0.3) is 0 Å². The Morgan fingerprint density at radius 1 is 0.243 bits per heavy atom. The molecule has 0 spiro atoms. The van der Waals surface area contributed by atoms with E-state index in [1.807, 2.05) is 0 Å². The summed E-state index contributed by atoms with van der Waals surface area (Å²) in [6, 6.07) is 4.52. The van der Waals surface area contributed by atoms with Gasteiger partial charge in [0.1, 0.15) is 85.8 Å². The summed E-state index contributed by atoms with van der Waals surface area (Å²) in [7, 11) is 0. The van der Waals surface area contributed by atoms with Crippen molar-refractivity contribution in [3.05, 3.63) is 322 Å². The summed E-state index contributed by atoms with van der Waals surface area (Å²) in [5.41, 5.74) is -2.05. The average molecular weight is 2030 g/mol. The minimum atomic E-state index is -3.17. The lowest BCUT2D eigenvalue weighted by atomic mass is 9.81. The van der Waals surface area contributed by atoms with Crippen LogP contribution in [-0.4, -0.2) is 158 Å². The second-order valence-electron chi connectivity index (χ2n) is 31.7. The van der Waals surface area contributed by atoms with E-state index in [1.165, 1.54) is 103 Å².